The summed E-state index contributed by atoms with van der Waals surface area (Å²) in [6.45, 7) is 2.43. The van der Waals surface area contributed by atoms with Crippen LogP contribution in [0, 0.1) is 5.92 Å². The molecule has 132 valence electrons. The summed E-state index contributed by atoms with van der Waals surface area (Å²) in [5.41, 5.74) is 0.552. The van der Waals surface area contributed by atoms with Crippen LogP contribution in [-0.2, 0) is 21.9 Å². The minimum Gasteiger partial charge on any atom is -0.347 e. The van der Waals surface area contributed by atoms with Crippen molar-refractivity contribution < 1.29 is 18.0 Å². The first-order valence-corrected chi connectivity index (χ1v) is 10.1. The molecule has 0 N–H and O–H groups in total. The maximum Gasteiger partial charge on any atom is 0.270 e. The van der Waals surface area contributed by atoms with Gasteiger partial charge in [-0.1, -0.05) is 13.3 Å². The lowest BCUT2D eigenvalue weighted by molar-refractivity contribution is -0.128. The molecule has 1 aromatic rings. The van der Waals surface area contributed by atoms with Crippen LogP contribution in [-0.4, -0.2) is 58.9 Å². The Hall–Kier alpha value is -1.83. The first kappa shape index (κ1) is 17.0. The zero-order valence-corrected chi connectivity index (χ0v) is 15.0. The van der Waals surface area contributed by atoms with Crippen LogP contribution in [0.4, 0.5) is 0 Å². The molecule has 2 amide bonds. The molecule has 3 heterocycles. The van der Waals surface area contributed by atoms with Gasteiger partial charge < -0.3 is 9.47 Å². The van der Waals surface area contributed by atoms with E-state index in [1.807, 2.05) is 6.92 Å². The second kappa shape index (κ2) is 5.91. The zero-order chi connectivity index (χ0) is 17.6. The third-order valence-corrected chi connectivity index (χ3v) is 6.21. The highest BCUT2D eigenvalue weighted by Gasteiger charge is 2.57. The minimum absolute atomic E-state index is 0.140. The lowest BCUT2D eigenvalue weighted by Crippen LogP contribution is -2.43. The quantitative estimate of drug-likeness (QED) is 0.803. The van der Waals surface area contributed by atoms with Crippen LogP contribution in [0.5, 0.6) is 0 Å². The fourth-order valence-electron chi connectivity index (χ4n) is 4.10. The first-order chi connectivity index (χ1) is 11.3. The summed E-state index contributed by atoms with van der Waals surface area (Å²) in [6, 6.07) is 2.74. The Bertz CT molecular complexity index is 770. The van der Waals surface area contributed by atoms with E-state index in [2.05, 4.69) is 0 Å². The highest BCUT2D eigenvalue weighted by atomic mass is 32.2. The van der Waals surface area contributed by atoms with Crippen molar-refractivity contribution in [3.05, 3.63) is 24.0 Å². The second-order valence-corrected chi connectivity index (χ2v) is 8.50. The Balaban J connectivity index is 1.97. The van der Waals surface area contributed by atoms with E-state index in [1.165, 1.54) is 0 Å². The molecule has 2 aliphatic heterocycles. The zero-order valence-electron chi connectivity index (χ0n) is 14.2. The van der Waals surface area contributed by atoms with E-state index in [9.17, 15) is 18.0 Å². The number of nitrogens with zero attached hydrogens (tertiary/aromatic N) is 3. The van der Waals surface area contributed by atoms with E-state index >= 15 is 0 Å². The summed E-state index contributed by atoms with van der Waals surface area (Å²) >= 11 is 0. The normalized spacial score (nSPS) is 27.0. The van der Waals surface area contributed by atoms with Crippen molar-refractivity contribution in [3.63, 3.8) is 0 Å². The predicted molar refractivity (Wildman–Crippen MR) is 88.7 cm³/mol. The number of carbonyl (C=O) groups excluding carboxylic acids is 2. The Labute approximate surface area is 142 Å². The number of fused-ring (bicyclic) bond motifs is 1. The van der Waals surface area contributed by atoms with Crippen molar-refractivity contribution in [2.24, 2.45) is 13.0 Å². The van der Waals surface area contributed by atoms with Gasteiger partial charge in [0.05, 0.1) is 24.3 Å². The number of sulfonamides is 1. The average Bonchev–Trinajstić information content (AvgIpc) is 3.14. The Morgan fingerprint density at radius 2 is 2.08 bits per heavy atom. The van der Waals surface area contributed by atoms with Gasteiger partial charge in [-0.15, -0.1) is 0 Å². The molecule has 0 saturated carbocycles. The van der Waals surface area contributed by atoms with E-state index in [0.29, 0.717) is 25.1 Å². The molecular weight excluding hydrogens is 330 g/mol. The first-order valence-electron chi connectivity index (χ1n) is 8.23. The van der Waals surface area contributed by atoms with Crippen LogP contribution in [0.3, 0.4) is 0 Å². The molecule has 2 fully saturated rings. The maximum absolute atomic E-state index is 12.9. The van der Waals surface area contributed by atoms with Gasteiger partial charge in [0.15, 0.2) is 0 Å². The smallest absolute Gasteiger partial charge is 0.270 e. The van der Waals surface area contributed by atoms with E-state index < -0.39 is 22.0 Å². The molecule has 1 aromatic heterocycles. The molecule has 7 nitrogen and oxygen atoms in total. The van der Waals surface area contributed by atoms with Crippen molar-refractivity contribution >= 4 is 21.8 Å². The Kier molecular flexibility index (Phi) is 4.19. The number of aryl methyl sites for hydroxylation is 1. The summed E-state index contributed by atoms with van der Waals surface area (Å²) in [5.74, 6) is -0.945. The number of aromatic nitrogens is 1. The van der Waals surface area contributed by atoms with Crippen molar-refractivity contribution in [3.8, 4) is 0 Å². The van der Waals surface area contributed by atoms with Crippen LogP contribution in [0.25, 0.3) is 0 Å². The molecule has 0 radical (unpaired) electrons. The lowest BCUT2D eigenvalue weighted by Gasteiger charge is -2.27. The fourth-order valence-corrected chi connectivity index (χ4v) is 5.28. The Morgan fingerprint density at radius 3 is 2.62 bits per heavy atom. The van der Waals surface area contributed by atoms with Gasteiger partial charge >= 0.3 is 0 Å². The molecule has 2 saturated heterocycles. The van der Waals surface area contributed by atoms with Gasteiger partial charge in [-0.2, -0.15) is 0 Å². The van der Waals surface area contributed by atoms with E-state index in [1.54, 1.807) is 34.8 Å². The fraction of sp³-hybridized carbons (Fsp3) is 0.625. The number of hydrogen-bond acceptors (Lipinski definition) is 4. The van der Waals surface area contributed by atoms with Crippen molar-refractivity contribution in [2.75, 3.05) is 12.8 Å². The molecule has 3 rings (SSSR count). The van der Waals surface area contributed by atoms with Crippen molar-refractivity contribution in [1.29, 1.82) is 0 Å². The minimum atomic E-state index is -3.63. The number of hydrogen-bond donors (Lipinski definition) is 0. The molecule has 0 aliphatic carbocycles. The molecule has 0 spiro atoms. The largest absolute Gasteiger partial charge is 0.347 e. The van der Waals surface area contributed by atoms with Crippen LogP contribution in [0.2, 0.25) is 0 Å². The third kappa shape index (κ3) is 2.53. The van der Waals surface area contributed by atoms with Gasteiger partial charge in [-0.3, -0.25) is 9.59 Å². The summed E-state index contributed by atoms with van der Waals surface area (Å²) in [6.07, 6.45) is 4.72. The van der Waals surface area contributed by atoms with Crippen molar-refractivity contribution in [1.82, 2.24) is 13.8 Å². The molecule has 24 heavy (non-hydrogen) atoms. The summed E-state index contributed by atoms with van der Waals surface area (Å²) < 4.78 is 27.0. The number of rotatable bonds is 4. The summed E-state index contributed by atoms with van der Waals surface area (Å²) in [5, 5.41) is 0. The molecule has 0 bridgehead atoms. The van der Waals surface area contributed by atoms with Gasteiger partial charge in [0.25, 0.3) is 5.91 Å². The van der Waals surface area contributed by atoms with E-state index in [-0.39, 0.29) is 17.9 Å². The predicted octanol–water partition coefficient (Wildman–Crippen LogP) is 0.826. The average molecular weight is 353 g/mol. The molecule has 0 unspecified atom stereocenters. The van der Waals surface area contributed by atoms with Crippen LogP contribution in [0.15, 0.2) is 18.3 Å². The SMILES string of the molecule is CCC[C@H]1C(=O)N(S(C)(=O)=O)[C@H]2CCN(C(=O)c3cccn3C)[C@H]12. The Morgan fingerprint density at radius 1 is 1.38 bits per heavy atom. The third-order valence-electron chi connectivity index (χ3n) is 5.05. The topological polar surface area (TPSA) is 79.7 Å². The molecule has 2 aliphatic rings. The van der Waals surface area contributed by atoms with Crippen LogP contribution in [0.1, 0.15) is 36.7 Å². The highest BCUT2D eigenvalue weighted by molar-refractivity contribution is 7.88. The molecule has 8 heteroatoms. The molecular formula is C16H23N3O4S. The van der Waals surface area contributed by atoms with Gasteiger partial charge in [0, 0.05) is 19.8 Å². The van der Waals surface area contributed by atoms with E-state index in [0.717, 1.165) is 17.0 Å². The molecule has 3 atom stereocenters. The van der Waals surface area contributed by atoms with Gasteiger partial charge in [0.1, 0.15) is 5.69 Å². The molecule has 0 aromatic carbocycles. The summed E-state index contributed by atoms with van der Waals surface area (Å²) in [4.78, 5) is 27.3. The standard InChI is InChI=1S/C16H23N3O4S/c1-4-6-11-14-12(19(15(11)20)24(3,22)23)8-10-18(14)16(21)13-7-5-9-17(13)2/h5,7,9,11-12,14H,4,6,8,10H2,1-3H3/t11-,12+,14-/m1/s1. The van der Waals surface area contributed by atoms with Crippen LogP contribution >= 0.6 is 0 Å². The van der Waals surface area contributed by atoms with Crippen molar-refractivity contribution in [2.45, 2.75) is 38.3 Å². The van der Waals surface area contributed by atoms with Gasteiger partial charge in [0.2, 0.25) is 15.9 Å². The van der Waals surface area contributed by atoms with Gasteiger partial charge in [-0.25, -0.2) is 12.7 Å². The number of carbonyl (C=O) groups is 2. The lowest BCUT2D eigenvalue weighted by atomic mass is 9.94. The maximum atomic E-state index is 12.9. The van der Waals surface area contributed by atoms with Crippen LogP contribution < -0.4 is 0 Å². The highest BCUT2D eigenvalue weighted by Crippen LogP contribution is 2.40. The monoisotopic (exact) mass is 353 g/mol. The second-order valence-electron chi connectivity index (χ2n) is 6.64. The number of likely N-dealkylation sites (tertiary alicyclic amines) is 1. The number of amides is 2. The van der Waals surface area contributed by atoms with Gasteiger partial charge in [-0.05, 0) is 25.0 Å². The summed E-state index contributed by atoms with van der Waals surface area (Å²) in [7, 11) is -1.83. The van der Waals surface area contributed by atoms with E-state index in [4.69, 9.17) is 0 Å².